The maximum atomic E-state index is 5.08. The second kappa shape index (κ2) is 4.78. The summed E-state index contributed by atoms with van der Waals surface area (Å²) in [7, 11) is 1.65. The van der Waals surface area contributed by atoms with Gasteiger partial charge in [0.2, 0.25) is 0 Å². The van der Waals surface area contributed by atoms with Gasteiger partial charge in [0.05, 0.1) is 7.11 Å². The fourth-order valence-electron chi connectivity index (χ4n) is 0.909. The molecule has 0 saturated heterocycles. The zero-order chi connectivity index (χ0) is 8.85. The van der Waals surface area contributed by atoms with Gasteiger partial charge < -0.3 is 4.74 Å². The summed E-state index contributed by atoms with van der Waals surface area (Å²) in [5, 5.41) is 0. The molecule has 0 bridgehead atoms. The highest BCUT2D eigenvalue weighted by molar-refractivity contribution is 5.28. The summed E-state index contributed by atoms with van der Waals surface area (Å²) in [6.07, 6.45) is 3.79. The van der Waals surface area contributed by atoms with Crippen LogP contribution in [0.25, 0.3) is 0 Å². The second-order valence-corrected chi connectivity index (χ2v) is 2.68. The van der Waals surface area contributed by atoms with Gasteiger partial charge in [0.25, 0.3) is 0 Å². The van der Waals surface area contributed by atoms with Gasteiger partial charge in [-0.3, -0.25) is 0 Å². The standard InChI is InChI=1S/C10H16O/c1-6-10(11-5)9(4)7-8(2)3/h6-7H,1H2,2-5H3/b10-9+. The highest BCUT2D eigenvalue weighted by Gasteiger charge is 1.93. The molecule has 0 amide bonds. The highest BCUT2D eigenvalue weighted by atomic mass is 16.5. The largest absolute Gasteiger partial charge is 0.497 e. The minimum Gasteiger partial charge on any atom is -0.497 e. The van der Waals surface area contributed by atoms with E-state index in [0.29, 0.717) is 0 Å². The Morgan fingerprint density at radius 1 is 1.27 bits per heavy atom. The first-order chi connectivity index (χ1) is 5.11. The SMILES string of the molecule is C=C/C(OC)=C(/C)C=C(C)C. The van der Waals surface area contributed by atoms with Crippen molar-refractivity contribution < 1.29 is 4.74 Å². The van der Waals surface area contributed by atoms with E-state index in [-0.39, 0.29) is 0 Å². The number of hydrogen-bond donors (Lipinski definition) is 0. The molecule has 11 heavy (non-hydrogen) atoms. The fraction of sp³-hybridized carbons (Fsp3) is 0.400. The maximum Gasteiger partial charge on any atom is 0.121 e. The molecule has 0 aromatic rings. The van der Waals surface area contributed by atoms with E-state index >= 15 is 0 Å². The van der Waals surface area contributed by atoms with Crippen LogP contribution in [0.15, 0.2) is 35.6 Å². The molecular formula is C10H16O. The first-order valence-corrected chi connectivity index (χ1v) is 3.64. The molecule has 0 N–H and O–H groups in total. The molecule has 0 saturated carbocycles. The molecule has 0 aliphatic rings. The van der Waals surface area contributed by atoms with Crippen molar-refractivity contribution in [1.29, 1.82) is 0 Å². The summed E-state index contributed by atoms with van der Waals surface area (Å²) in [6.45, 7) is 9.77. The Kier molecular flexibility index (Phi) is 4.35. The van der Waals surface area contributed by atoms with Crippen LogP contribution in [0.4, 0.5) is 0 Å². The van der Waals surface area contributed by atoms with Crippen LogP contribution in [0, 0.1) is 0 Å². The van der Waals surface area contributed by atoms with Gasteiger partial charge in [-0.25, -0.2) is 0 Å². The lowest BCUT2D eigenvalue weighted by Crippen LogP contribution is -1.85. The van der Waals surface area contributed by atoms with Crippen LogP contribution in [0.1, 0.15) is 20.8 Å². The van der Waals surface area contributed by atoms with Crippen molar-refractivity contribution in [3.63, 3.8) is 0 Å². The average Bonchev–Trinajstić information content (AvgIpc) is 1.88. The molecule has 0 spiro atoms. The third-order valence-corrected chi connectivity index (χ3v) is 1.30. The van der Waals surface area contributed by atoms with Crippen molar-refractivity contribution in [3.05, 3.63) is 35.6 Å². The van der Waals surface area contributed by atoms with Crippen molar-refractivity contribution in [2.24, 2.45) is 0 Å². The lowest BCUT2D eigenvalue weighted by molar-refractivity contribution is 0.304. The number of allylic oxidation sites excluding steroid dienone is 4. The van der Waals surface area contributed by atoms with Gasteiger partial charge in [0.1, 0.15) is 5.76 Å². The van der Waals surface area contributed by atoms with E-state index in [4.69, 9.17) is 4.74 Å². The number of hydrogen-bond acceptors (Lipinski definition) is 1. The molecule has 1 nitrogen and oxygen atoms in total. The summed E-state index contributed by atoms with van der Waals surface area (Å²) in [6, 6.07) is 0. The molecule has 0 radical (unpaired) electrons. The van der Waals surface area contributed by atoms with E-state index in [1.54, 1.807) is 13.2 Å². The molecule has 0 aromatic heterocycles. The maximum absolute atomic E-state index is 5.08. The lowest BCUT2D eigenvalue weighted by Gasteiger charge is -2.02. The van der Waals surface area contributed by atoms with E-state index in [1.807, 2.05) is 6.92 Å². The molecule has 0 aromatic carbocycles. The second-order valence-electron chi connectivity index (χ2n) is 2.68. The predicted octanol–water partition coefficient (Wildman–Crippen LogP) is 3.06. The third-order valence-electron chi connectivity index (χ3n) is 1.30. The van der Waals surface area contributed by atoms with E-state index in [0.717, 1.165) is 11.3 Å². The highest BCUT2D eigenvalue weighted by Crippen LogP contribution is 2.09. The summed E-state index contributed by atoms with van der Waals surface area (Å²) < 4.78 is 5.08. The minimum atomic E-state index is 0.839. The van der Waals surface area contributed by atoms with Crippen LogP contribution in [0.5, 0.6) is 0 Å². The molecule has 0 aliphatic heterocycles. The Labute approximate surface area is 69.1 Å². The predicted molar refractivity (Wildman–Crippen MR) is 49.3 cm³/mol. The quantitative estimate of drug-likeness (QED) is 0.446. The van der Waals surface area contributed by atoms with E-state index in [2.05, 4.69) is 26.5 Å². The van der Waals surface area contributed by atoms with Crippen molar-refractivity contribution in [2.75, 3.05) is 7.11 Å². The van der Waals surface area contributed by atoms with Gasteiger partial charge in [-0.2, -0.15) is 0 Å². The summed E-state index contributed by atoms with van der Waals surface area (Å²) in [5.41, 5.74) is 2.38. The summed E-state index contributed by atoms with van der Waals surface area (Å²) in [4.78, 5) is 0. The third kappa shape index (κ3) is 3.66. The lowest BCUT2D eigenvalue weighted by atomic mass is 10.2. The first kappa shape index (κ1) is 10.0. The molecule has 1 heteroatoms. The van der Waals surface area contributed by atoms with Gasteiger partial charge in [0, 0.05) is 0 Å². The smallest absolute Gasteiger partial charge is 0.121 e. The van der Waals surface area contributed by atoms with Crippen molar-refractivity contribution >= 4 is 0 Å². The zero-order valence-corrected chi connectivity index (χ0v) is 7.77. The Bertz CT molecular complexity index is 193. The average molecular weight is 152 g/mol. The van der Waals surface area contributed by atoms with Gasteiger partial charge in [-0.15, -0.1) is 0 Å². The number of rotatable bonds is 3. The van der Waals surface area contributed by atoms with Gasteiger partial charge in [0.15, 0.2) is 0 Å². The van der Waals surface area contributed by atoms with Gasteiger partial charge in [-0.05, 0) is 32.4 Å². The van der Waals surface area contributed by atoms with Crippen LogP contribution in [0.2, 0.25) is 0 Å². The van der Waals surface area contributed by atoms with Gasteiger partial charge in [-0.1, -0.05) is 18.2 Å². The van der Waals surface area contributed by atoms with Crippen LogP contribution < -0.4 is 0 Å². The zero-order valence-electron chi connectivity index (χ0n) is 7.77. The normalized spacial score (nSPS) is 11.6. The Hall–Kier alpha value is -0.980. The van der Waals surface area contributed by atoms with E-state index in [1.165, 1.54) is 5.57 Å². The first-order valence-electron chi connectivity index (χ1n) is 3.64. The molecule has 0 atom stereocenters. The molecule has 0 rings (SSSR count). The molecule has 0 unspecified atom stereocenters. The number of ether oxygens (including phenoxy) is 1. The Morgan fingerprint density at radius 3 is 2.09 bits per heavy atom. The van der Waals surface area contributed by atoms with Crippen LogP contribution >= 0.6 is 0 Å². The van der Waals surface area contributed by atoms with Crippen LogP contribution in [-0.2, 0) is 4.74 Å². The number of methoxy groups -OCH3 is 1. The van der Waals surface area contributed by atoms with Crippen LogP contribution in [0.3, 0.4) is 0 Å². The fourth-order valence-corrected chi connectivity index (χ4v) is 0.909. The monoisotopic (exact) mass is 152 g/mol. The van der Waals surface area contributed by atoms with Crippen molar-refractivity contribution in [1.82, 2.24) is 0 Å². The van der Waals surface area contributed by atoms with Gasteiger partial charge >= 0.3 is 0 Å². The minimum absolute atomic E-state index is 0.839. The molecule has 0 heterocycles. The molecule has 0 aliphatic carbocycles. The topological polar surface area (TPSA) is 9.23 Å². The Morgan fingerprint density at radius 2 is 1.82 bits per heavy atom. The molecule has 0 fully saturated rings. The molecular weight excluding hydrogens is 136 g/mol. The summed E-state index contributed by atoms with van der Waals surface area (Å²) >= 11 is 0. The Balaban J connectivity index is 4.62. The van der Waals surface area contributed by atoms with Crippen molar-refractivity contribution in [2.45, 2.75) is 20.8 Å². The van der Waals surface area contributed by atoms with Crippen molar-refractivity contribution in [3.8, 4) is 0 Å². The summed E-state index contributed by atoms with van der Waals surface area (Å²) in [5.74, 6) is 0.839. The van der Waals surface area contributed by atoms with Crippen LogP contribution in [-0.4, -0.2) is 7.11 Å². The molecule has 62 valence electrons. The van der Waals surface area contributed by atoms with E-state index in [9.17, 15) is 0 Å². The van der Waals surface area contributed by atoms with E-state index < -0.39 is 0 Å².